The molecule has 0 bridgehead atoms. The van der Waals surface area contributed by atoms with Gasteiger partial charge in [-0.3, -0.25) is 9.10 Å². The average Bonchev–Trinajstić information content (AvgIpc) is 2.75. The zero-order chi connectivity index (χ0) is 24.2. The molecule has 0 aromatic heterocycles. The molecule has 1 atom stereocenters. The summed E-state index contributed by atoms with van der Waals surface area (Å²) in [6.45, 7) is 1.50. The molecule has 176 valence electrons. The maximum atomic E-state index is 13.1. The number of ether oxygens (including phenoxy) is 1. The lowest BCUT2D eigenvalue weighted by atomic mass is 10.1. The van der Waals surface area contributed by atoms with E-state index in [1.54, 1.807) is 6.07 Å². The van der Waals surface area contributed by atoms with Crippen LogP contribution in [0.4, 0.5) is 18.9 Å². The number of rotatable bonds is 8. The van der Waals surface area contributed by atoms with Crippen molar-refractivity contribution in [3.05, 3.63) is 72.3 Å². The smallest absolute Gasteiger partial charge is 0.416 e. The summed E-state index contributed by atoms with van der Waals surface area (Å²) < 4.78 is 70.3. The van der Waals surface area contributed by atoms with Gasteiger partial charge in [-0.1, -0.05) is 42.5 Å². The Kier molecular flexibility index (Phi) is 7.16. The standard InChI is InChI=1S/C23H23F3N2O4S/c1-16(28(33(2,30)31)19-10-6-9-18(15-19)23(24,25)26)22(29)27-13-14-32-21-12-5-8-17-7-3-4-11-20(17)21/h3-12,15-16H,13-14H2,1-2H3,(H,27,29)/t16-/m0/s1. The van der Waals surface area contributed by atoms with E-state index in [9.17, 15) is 26.4 Å². The van der Waals surface area contributed by atoms with Gasteiger partial charge in [-0.05, 0) is 36.6 Å². The number of carbonyl (C=O) groups excluding carboxylic acids is 1. The van der Waals surface area contributed by atoms with Crippen molar-refractivity contribution in [2.45, 2.75) is 19.1 Å². The van der Waals surface area contributed by atoms with Gasteiger partial charge in [0, 0.05) is 5.39 Å². The fourth-order valence-corrected chi connectivity index (χ4v) is 4.60. The van der Waals surface area contributed by atoms with Crippen LogP contribution in [0.15, 0.2) is 66.7 Å². The van der Waals surface area contributed by atoms with Crippen LogP contribution >= 0.6 is 0 Å². The third-order valence-corrected chi connectivity index (χ3v) is 6.17. The van der Waals surface area contributed by atoms with E-state index >= 15 is 0 Å². The van der Waals surface area contributed by atoms with Crippen LogP contribution < -0.4 is 14.4 Å². The van der Waals surface area contributed by atoms with Gasteiger partial charge >= 0.3 is 6.18 Å². The molecule has 0 aliphatic carbocycles. The molecule has 0 radical (unpaired) electrons. The zero-order valence-electron chi connectivity index (χ0n) is 18.0. The summed E-state index contributed by atoms with van der Waals surface area (Å²) in [6, 6.07) is 15.8. The number of anilines is 1. The number of hydrogen-bond donors (Lipinski definition) is 1. The number of amides is 1. The van der Waals surface area contributed by atoms with Crippen LogP contribution in [-0.4, -0.2) is 39.8 Å². The number of fused-ring (bicyclic) bond motifs is 1. The summed E-state index contributed by atoms with van der Waals surface area (Å²) in [5.74, 6) is -0.0310. The Morgan fingerprint density at radius 1 is 1.06 bits per heavy atom. The second-order valence-electron chi connectivity index (χ2n) is 7.40. The molecule has 33 heavy (non-hydrogen) atoms. The van der Waals surface area contributed by atoms with Crippen molar-refractivity contribution >= 4 is 32.4 Å². The van der Waals surface area contributed by atoms with Gasteiger partial charge in [-0.25, -0.2) is 8.42 Å². The van der Waals surface area contributed by atoms with Crippen molar-refractivity contribution in [2.24, 2.45) is 0 Å². The molecule has 0 spiro atoms. The first-order valence-electron chi connectivity index (χ1n) is 10.0. The topological polar surface area (TPSA) is 75.7 Å². The van der Waals surface area contributed by atoms with Gasteiger partial charge in [-0.2, -0.15) is 13.2 Å². The molecule has 3 rings (SSSR count). The van der Waals surface area contributed by atoms with E-state index in [0.29, 0.717) is 16.1 Å². The number of alkyl halides is 3. The number of carbonyl (C=O) groups is 1. The molecule has 0 fully saturated rings. The van der Waals surface area contributed by atoms with Gasteiger partial charge in [-0.15, -0.1) is 0 Å². The van der Waals surface area contributed by atoms with Crippen LogP contribution in [0.25, 0.3) is 10.8 Å². The first-order chi connectivity index (χ1) is 15.5. The van der Waals surface area contributed by atoms with Crippen molar-refractivity contribution in [2.75, 3.05) is 23.7 Å². The highest BCUT2D eigenvalue weighted by atomic mass is 32.2. The molecule has 0 aliphatic heterocycles. The summed E-state index contributed by atoms with van der Waals surface area (Å²) in [5, 5.41) is 4.48. The normalized spacial score (nSPS) is 12.9. The van der Waals surface area contributed by atoms with E-state index in [4.69, 9.17) is 4.74 Å². The predicted molar refractivity (Wildman–Crippen MR) is 121 cm³/mol. The molecule has 0 aliphatic rings. The first kappa shape index (κ1) is 24.4. The highest BCUT2D eigenvalue weighted by Gasteiger charge is 2.34. The first-order valence-corrected chi connectivity index (χ1v) is 11.9. The lowest BCUT2D eigenvalue weighted by Crippen LogP contribution is -2.48. The highest BCUT2D eigenvalue weighted by molar-refractivity contribution is 7.92. The third kappa shape index (κ3) is 5.95. The molecule has 0 heterocycles. The highest BCUT2D eigenvalue weighted by Crippen LogP contribution is 2.33. The quantitative estimate of drug-likeness (QED) is 0.490. The number of nitrogens with zero attached hydrogens (tertiary/aromatic N) is 1. The summed E-state index contributed by atoms with van der Waals surface area (Å²) in [5.41, 5.74) is -1.26. The Morgan fingerprint density at radius 3 is 2.42 bits per heavy atom. The molecule has 6 nitrogen and oxygen atoms in total. The molecule has 0 saturated carbocycles. The molecule has 0 saturated heterocycles. The Hall–Kier alpha value is -3.27. The molecular weight excluding hydrogens is 457 g/mol. The second-order valence-corrected chi connectivity index (χ2v) is 9.26. The molecule has 0 unspecified atom stereocenters. The fourth-order valence-electron chi connectivity index (χ4n) is 3.43. The second kappa shape index (κ2) is 9.70. The number of halogens is 3. The van der Waals surface area contributed by atoms with Crippen molar-refractivity contribution in [3.8, 4) is 5.75 Å². The number of benzene rings is 3. The fraction of sp³-hybridized carbons (Fsp3) is 0.261. The van der Waals surface area contributed by atoms with Gasteiger partial charge in [0.25, 0.3) is 0 Å². The molecule has 3 aromatic rings. The monoisotopic (exact) mass is 480 g/mol. The Balaban J connectivity index is 1.68. The van der Waals surface area contributed by atoms with Crippen LogP contribution in [0.2, 0.25) is 0 Å². The van der Waals surface area contributed by atoms with Gasteiger partial charge in [0.2, 0.25) is 15.9 Å². The maximum Gasteiger partial charge on any atom is 0.416 e. The lowest BCUT2D eigenvalue weighted by molar-refractivity contribution is -0.137. The summed E-state index contributed by atoms with van der Waals surface area (Å²) in [4.78, 5) is 12.6. The predicted octanol–water partition coefficient (Wildman–Crippen LogP) is 4.21. The number of hydrogen-bond acceptors (Lipinski definition) is 4. The molecule has 3 aromatic carbocycles. The van der Waals surface area contributed by atoms with E-state index < -0.39 is 33.7 Å². The van der Waals surface area contributed by atoms with Crippen LogP contribution in [-0.2, 0) is 21.0 Å². The summed E-state index contributed by atoms with van der Waals surface area (Å²) in [7, 11) is -4.05. The minimum Gasteiger partial charge on any atom is -0.491 e. The average molecular weight is 481 g/mol. The van der Waals surface area contributed by atoms with Gasteiger partial charge < -0.3 is 10.1 Å². The summed E-state index contributed by atoms with van der Waals surface area (Å²) in [6.07, 6.45) is -3.82. The zero-order valence-corrected chi connectivity index (χ0v) is 18.8. The van der Waals surface area contributed by atoms with Gasteiger partial charge in [0.15, 0.2) is 0 Å². The minimum absolute atomic E-state index is 0.0760. The van der Waals surface area contributed by atoms with Crippen molar-refractivity contribution in [3.63, 3.8) is 0 Å². The van der Waals surface area contributed by atoms with Crippen LogP contribution in [0.3, 0.4) is 0 Å². The van der Waals surface area contributed by atoms with Crippen molar-refractivity contribution in [1.82, 2.24) is 5.32 Å². The van der Waals surface area contributed by atoms with Crippen molar-refractivity contribution in [1.29, 1.82) is 0 Å². The number of sulfonamides is 1. The molecule has 1 amide bonds. The van der Waals surface area contributed by atoms with Crippen molar-refractivity contribution < 1.29 is 31.1 Å². The summed E-state index contributed by atoms with van der Waals surface area (Å²) >= 11 is 0. The van der Waals surface area contributed by atoms with E-state index in [0.717, 1.165) is 29.2 Å². The van der Waals surface area contributed by atoms with E-state index in [-0.39, 0.29) is 18.8 Å². The Morgan fingerprint density at radius 2 is 1.73 bits per heavy atom. The van der Waals surface area contributed by atoms with Gasteiger partial charge in [0.05, 0.1) is 24.1 Å². The van der Waals surface area contributed by atoms with Crippen LogP contribution in [0, 0.1) is 0 Å². The lowest BCUT2D eigenvalue weighted by Gasteiger charge is -2.28. The Labute approximate surface area is 190 Å². The van der Waals surface area contributed by atoms with Crippen LogP contribution in [0.1, 0.15) is 12.5 Å². The Bertz CT molecular complexity index is 1240. The molecule has 10 heteroatoms. The number of nitrogens with one attached hydrogen (secondary N) is 1. The maximum absolute atomic E-state index is 13.1. The van der Waals surface area contributed by atoms with E-state index in [1.165, 1.54) is 13.0 Å². The molecular formula is C23H23F3N2O4S. The largest absolute Gasteiger partial charge is 0.491 e. The third-order valence-electron chi connectivity index (χ3n) is 4.92. The molecule has 1 N–H and O–H groups in total. The SMILES string of the molecule is C[C@@H](C(=O)NCCOc1cccc2ccccc12)N(c1cccc(C(F)(F)F)c1)S(C)(=O)=O. The van der Waals surface area contributed by atoms with Gasteiger partial charge in [0.1, 0.15) is 18.4 Å². The van der Waals surface area contributed by atoms with E-state index in [2.05, 4.69) is 5.32 Å². The van der Waals surface area contributed by atoms with Crippen LogP contribution in [0.5, 0.6) is 5.75 Å². The minimum atomic E-state index is -4.65. The van der Waals surface area contributed by atoms with E-state index in [1.807, 2.05) is 36.4 Å².